The van der Waals surface area contributed by atoms with Crippen molar-refractivity contribution in [1.29, 1.82) is 0 Å². The van der Waals surface area contributed by atoms with Crippen molar-refractivity contribution in [2.75, 3.05) is 13.7 Å². The van der Waals surface area contributed by atoms with E-state index in [1.165, 1.54) is 0 Å². The quantitative estimate of drug-likeness (QED) is 0.887. The van der Waals surface area contributed by atoms with Gasteiger partial charge in [-0.2, -0.15) is 0 Å². The summed E-state index contributed by atoms with van der Waals surface area (Å²) in [5, 5.41) is 3.56. The summed E-state index contributed by atoms with van der Waals surface area (Å²) in [4.78, 5) is 8.79. The molecule has 106 valence electrons. The van der Waals surface area contributed by atoms with Gasteiger partial charge in [0.15, 0.2) is 0 Å². The molecule has 1 unspecified atom stereocenters. The molecule has 0 bridgehead atoms. The van der Waals surface area contributed by atoms with Gasteiger partial charge in [0.25, 0.3) is 0 Å². The van der Waals surface area contributed by atoms with Gasteiger partial charge in [0.05, 0.1) is 13.2 Å². The van der Waals surface area contributed by atoms with Crippen LogP contribution in [-0.4, -0.2) is 23.6 Å². The van der Waals surface area contributed by atoms with Gasteiger partial charge in [-0.1, -0.05) is 34.6 Å². The van der Waals surface area contributed by atoms with E-state index in [4.69, 9.17) is 4.74 Å². The maximum atomic E-state index is 5.37. The van der Waals surface area contributed by atoms with Gasteiger partial charge in [-0.15, -0.1) is 0 Å². The van der Waals surface area contributed by atoms with Crippen LogP contribution in [0.15, 0.2) is 12.4 Å². The van der Waals surface area contributed by atoms with Gasteiger partial charge >= 0.3 is 0 Å². The van der Waals surface area contributed by atoms with Crippen molar-refractivity contribution >= 4 is 0 Å². The highest BCUT2D eigenvalue weighted by molar-refractivity contribution is 5.28. The molecule has 2 rings (SSSR count). The molecule has 1 atom stereocenters. The molecule has 19 heavy (non-hydrogen) atoms. The third-order valence-electron chi connectivity index (χ3n) is 5.07. The number of aromatic nitrogens is 2. The smallest absolute Gasteiger partial charge is 0.237 e. The van der Waals surface area contributed by atoms with E-state index in [0.29, 0.717) is 22.6 Å². The monoisotopic (exact) mass is 263 g/mol. The van der Waals surface area contributed by atoms with Crippen LogP contribution in [-0.2, 0) is 0 Å². The molecule has 1 N–H and O–H groups in total. The Kier molecular flexibility index (Phi) is 3.56. The molecule has 4 heteroatoms. The van der Waals surface area contributed by atoms with Crippen LogP contribution in [0.3, 0.4) is 0 Å². The molecule has 1 heterocycles. The second kappa shape index (κ2) is 4.75. The number of hydrogen-bond donors (Lipinski definition) is 1. The van der Waals surface area contributed by atoms with Crippen LogP contribution in [0.5, 0.6) is 5.88 Å². The van der Waals surface area contributed by atoms with E-state index in [2.05, 4.69) is 49.9 Å². The van der Waals surface area contributed by atoms with Crippen molar-refractivity contribution in [1.82, 2.24) is 15.3 Å². The molecule has 0 aliphatic heterocycles. The Morgan fingerprint density at radius 3 is 2.26 bits per heavy atom. The van der Waals surface area contributed by atoms with Gasteiger partial charge in [-0.3, -0.25) is 4.98 Å². The summed E-state index contributed by atoms with van der Waals surface area (Å²) in [5.74, 6) is 1.16. The van der Waals surface area contributed by atoms with E-state index in [9.17, 15) is 0 Å². The van der Waals surface area contributed by atoms with E-state index in [-0.39, 0.29) is 6.04 Å². The first kappa shape index (κ1) is 14.3. The highest BCUT2D eigenvalue weighted by atomic mass is 16.5. The molecule has 1 aromatic rings. The van der Waals surface area contributed by atoms with Gasteiger partial charge in [0, 0.05) is 12.4 Å². The van der Waals surface area contributed by atoms with Crippen LogP contribution in [0.2, 0.25) is 0 Å². The van der Waals surface area contributed by atoms with Crippen LogP contribution < -0.4 is 10.1 Å². The van der Waals surface area contributed by atoms with Gasteiger partial charge in [0.2, 0.25) is 5.88 Å². The predicted octanol–water partition coefficient (Wildman–Crippen LogP) is 2.82. The first-order valence-electron chi connectivity index (χ1n) is 6.96. The van der Waals surface area contributed by atoms with Gasteiger partial charge in [-0.05, 0) is 23.3 Å². The van der Waals surface area contributed by atoms with Crippen LogP contribution in [0.4, 0.5) is 0 Å². The standard InChI is InChI=1S/C15H25N3O/c1-7-16-10(12-14(2,3)15(12,4)5)11-13(19-6)18-9-8-17-11/h8-10,12,16H,7H2,1-6H3. The van der Waals surface area contributed by atoms with E-state index in [1.807, 2.05) is 0 Å². The lowest BCUT2D eigenvalue weighted by atomic mass is 10.0. The Morgan fingerprint density at radius 2 is 1.79 bits per heavy atom. The Morgan fingerprint density at radius 1 is 1.21 bits per heavy atom. The van der Waals surface area contributed by atoms with Crippen LogP contribution in [0.1, 0.15) is 46.4 Å². The zero-order valence-corrected chi connectivity index (χ0v) is 12.8. The minimum absolute atomic E-state index is 0.193. The molecular formula is C15H25N3O. The third kappa shape index (κ3) is 2.12. The summed E-state index contributed by atoms with van der Waals surface area (Å²) in [7, 11) is 1.65. The lowest BCUT2D eigenvalue weighted by Gasteiger charge is -2.21. The summed E-state index contributed by atoms with van der Waals surface area (Å²) in [6, 6.07) is 0.193. The molecule has 1 aliphatic rings. The van der Waals surface area contributed by atoms with Gasteiger partial charge < -0.3 is 10.1 Å². The number of hydrogen-bond acceptors (Lipinski definition) is 4. The molecular weight excluding hydrogens is 238 g/mol. The molecule has 0 spiro atoms. The molecule has 0 amide bonds. The molecule has 4 nitrogen and oxygen atoms in total. The zero-order chi connectivity index (χ0) is 14.3. The molecule has 0 aromatic carbocycles. The second-order valence-corrected chi connectivity index (χ2v) is 6.41. The van der Waals surface area contributed by atoms with Crippen molar-refractivity contribution in [2.45, 2.75) is 40.7 Å². The number of ether oxygens (including phenoxy) is 1. The lowest BCUT2D eigenvalue weighted by molar-refractivity contribution is 0.354. The van der Waals surface area contributed by atoms with Crippen molar-refractivity contribution in [3.05, 3.63) is 18.1 Å². The van der Waals surface area contributed by atoms with E-state index < -0.39 is 0 Å². The Bertz CT molecular complexity index is 442. The van der Waals surface area contributed by atoms with Crippen molar-refractivity contribution in [3.8, 4) is 5.88 Å². The van der Waals surface area contributed by atoms with E-state index in [1.54, 1.807) is 19.5 Å². The number of nitrogens with one attached hydrogen (secondary N) is 1. The minimum Gasteiger partial charge on any atom is -0.480 e. The maximum absolute atomic E-state index is 5.37. The summed E-state index contributed by atoms with van der Waals surface area (Å²) < 4.78 is 5.37. The van der Waals surface area contributed by atoms with Crippen LogP contribution >= 0.6 is 0 Å². The van der Waals surface area contributed by atoms with Crippen LogP contribution in [0.25, 0.3) is 0 Å². The lowest BCUT2D eigenvalue weighted by Crippen LogP contribution is -2.26. The number of methoxy groups -OCH3 is 1. The highest BCUT2D eigenvalue weighted by Crippen LogP contribution is 2.72. The number of rotatable bonds is 5. The molecule has 0 saturated heterocycles. The molecule has 1 fully saturated rings. The summed E-state index contributed by atoms with van der Waals surface area (Å²) in [5.41, 5.74) is 1.51. The number of nitrogens with zero attached hydrogens (tertiary/aromatic N) is 2. The van der Waals surface area contributed by atoms with Gasteiger partial charge in [0.1, 0.15) is 5.69 Å². The Hall–Kier alpha value is -1.16. The van der Waals surface area contributed by atoms with Crippen LogP contribution in [0, 0.1) is 16.7 Å². The average Bonchev–Trinajstić information content (AvgIpc) is 2.77. The summed E-state index contributed by atoms with van der Waals surface area (Å²) >= 11 is 0. The zero-order valence-electron chi connectivity index (χ0n) is 12.8. The molecule has 1 aliphatic carbocycles. The molecule has 0 radical (unpaired) electrons. The predicted molar refractivity (Wildman–Crippen MR) is 76.1 cm³/mol. The normalized spacial score (nSPS) is 22.0. The fourth-order valence-electron chi connectivity index (χ4n) is 3.38. The average molecular weight is 263 g/mol. The Balaban J connectivity index is 2.37. The first-order valence-corrected chi connectivity index (χ1v) is 6.96. The van der Waals surface area contributed by atoms with Crippen molar-refractivity contribution in [3.63, 3.8) is 0 Å². The van der Waals surface area contributed by atoms with E-state index >= 15 is 0 Å². The minimum atomic E-state index is 0.193. The second-order valence-electron chi connectivity index (χ2n) is 6.41. The van der Waals surface area contributed by atoms with Crippen molar-refractivity contribution in [2.24, 2.45) is 16.7 Å². The SMILES string of the molecule is CCNC(c1nccnc1OC)C1C(C)(C)C1(C)C. The fourth-order valence-corrected chi connectivity index (χ4v) is 3.38. The largest absolute Gasteiger partial charge is 0.480 e. The molecule has 1 saturated carbocycles. The Labute approximate surface area is 116 Å². The summed E-state index contributed by atoms with van der Waals surface area (Å²) in [6.45, 7) is 12.3. The van der Waals surface area contributed by atoms with E-state index in [0.717, 1.165) is 12.2 Å². The third-order valence-corrected chi connectivity index (χ3v) is 5.07. The highest BCUT2D eigenvalue weighted by Gasteiger charge is 2.67. The fraction of sp³-hybridized carbons (Fsp3) is 0.733. The van der Waals surface area contributed by atoms with Crippen molar-refractivity contribution < 1.29 is 4.74 Å². The first-order chi connectivity index (χ1) is 8.87. The van der Waals surface area contributed by atoms with Gasteiger partial charge in [-0.25, -0.2) is 4.98 Å². The summed E-state index contributed by atoms with van der Waals surface area (Å²) in [6.07, 6.45) is 3.42. The maximum Gasteiger partial charge on any atom is 0.237 e. The topological polar surface area (TPSA) is 47.0 Å². The molecule has 1 aromatic heterocycles.